The van der Waals surface area contributed by atoms with Gasteiger partial charge in [0.25, 0.3) is 0 Å². The first-order chi connectivity index (χ1) is 4.43. The van der Waals surface area contributed by atoms with Crippen molar-refractivity contribution in [1.29, 1.82) is 0 Å². The van der Waals surface area contributed by atoms with Crippen molar-refractivity contribution in [3.05, 3.63) is 0 Å². The summed E-state index contributed by atoms with van der Waals surface area (Å²) < 4.78 is 5.16. The molecule has 1 fully saturated rings. The van der Waals surface area contributed by atoms with E-state index in [1.807, 2.05) is 27.7 Å². The number of ether oxygens (including phenoxy) is 1. The van der Waals surface area contributed by atoms with Crippen LogP contribution in [0, 0.1) is 5.41 Å². The maximum Gasteiger partial charge on any atom is 0.110 e. The first-order valence-corrected chi connectivity index (χ1v) is 3.76. The maximum absolute atomic E-state index is 9.57. The third-order valence-electron chi connectivity index (χ3n) is 1.96. The summed E-state index contributed by atoms with van der Waals surface area (Å²) in [5.74, 6) is 0. The van der Waals surface area contributed by atoms with E-state index in [2.05, 4.69) is 0 Å². The topological polar surface area (TPSA) is 32.8 Å². The van der Waals surface area contributed by atoms with Gasteiger partial charge in [0.1, 0.15) is 6.10 Å². The lowest BCUT2D eigenvalue weighted by Gasteiger charge is -2.24. The molecule has 0 aromatic rings. The monoisotopic (exact) mass is 144 g/mol. The Morgan fingerprint density at radius 1 is 1.40 bits per heavy atom. The van der Waals surface area contributed by atoms with Crippen molar-refractivity contribution in [2.24, 2.45) is 5.41 Å². The molecule has 10 heavy (non-hydrogen) atoms. The van der Waals surface area contributed by atoms with Crippen LogP contribution in [0.25, 0.3) is 0 Å². The van der Waals surface area contributed by atoms with Gasteiger partial charge in [-0.15, -0.1) is 0 Å². The second-order valence-electron chi connectivity index (χ2n) is 4.12. The van der Waals surface area contributed by atoms with Gasteiger partial charge in [-0.25, -0.2) is 0 Å². The Balaban J connectivity index is 2.42. The Labute approximate surface area is 62.2 Å². The fourth-order valence-electron chi connectivity index (χ4n) is 1.03. The highest BCUT2D eigenvalue weighted by Gasteiger charge is 2.45. The predicted molar refractivity (Wildman–Crippen MR) is 39.8 cm³/mol. The van der Waals surface area contributed by atoms with E-state index in [-0.39, 0.29) is 23.7 Å². The Bertz CT molecular complexity index is 126. The molecule has 2 heteroatoms. The number of aliphatic hydroxyl groups is 1. The molecule has 0 spiro atoms. The van der Waals surface area contributed by atoms with Crippen molar-refractivity contribution in [1.82, 2.24) is 0 Å². The summed E-state index contributed by atoms with van der Waals surface area (Å²) in [5, 5.41) is 9.57. The van der Waals surface area contributed by atoms with Gasteiger partial charge in [-0.2, -0.15) is 0 Å². The minimum absolute atomic E-state index is 0.0462. The zero-order chi connectivity index (χ0) is 7.94. The smallest absolute Gasteiger partial charge is 0.110 e. The van der Waals surface area contributed by atoms with Crippen LogP contribution < -0.4 is 0 Å². The highest BCUT2D eigenvalue weighted by Crippen LogP contribution is 2.33. The summed E-state index contributed by atoms with van der Waals surface area (Å²) in [6.07, 6.45) is 0.0247. The first kappa shape index (κ1) is 8.02. The van der Waals surface area contributed by atoms with Crippen LogP contribution in [-0.4, -0.2) is 23.4 Å². The molecule has 2 nitrogen and oxygen atoms in total. The van der Waals surface area contributed by atoms with Crippen molar-refractivity contribution in [3.63, 3.8) is 0 Å². The average molecular weight is 144 g/mol. The van der Waals surface area contributed by atoms with Crippen LogP contribution >= 0.6 is 0 Å². The molecule has 1 aliphatic rings. The number of rotatable bonds is 1. The van der Waals surface area contributed by atoms with E-state index in [9.17, 15) is 5.11 Å². The van der Waals surface area contributed by atoms with E-state index >= 15 is 0 Å². The van der Waals surface area contributed by atoms with Gasteiger partial charge in [-0.1, -0.05) is 20.8 Å². The van der Waals surface area contributed by atoms with Crippen molar-refractivity contribution in [2.75, 3.05) is 0 Å². The van der Waals surface area contributed by atoms with Crippen LogP contribution in [0.1, 0.15) is 27.7 Å². The molecule has 3 unspecified atom stereocenters. The zero-order valence-electron chi connectivity index (χ0n) is 7.09. The summed E-state index contributed by atoms with van der Waals surface area (Å²) in [6.45, 7) is 8.05. The van der Waals surface area contributed by atoms with Gasteiger partial charge in [0.2, 0.25) is 0 Å². The molecular formula is C8H16O2. The van der Waals surface area contributed by atoms with E-state index in [0.29, 0.717) is 0 Å². The quantitative estimate of drug-likeness (QED) is 0.560. The number of hydrogen-bond donors (Lipinski definition) is 1. The second-order valence-corrected chi connectivity index (χ2v) is 4.12. The predicted octanol–water partition coefficient (Wildman–Crippen LogP) is 1.18. The van der Waals surface area contributed by atoms with Crippen LogP contribution in [-0.2, 0) is 4.74 Å². The summed E-state index contributed by atoms with van der Waals surface area (Å²) in [4.78, 5) is 0. The van der Waals surface area contributed by atoms with Crippen molar-refractivity contribution >= 4 is 0 Å². The standard InChI is InChI=1S/C8H16O2/c1-5-6(10-5)7(9)8(2,3)4/h5-7,9H,1-4H3. The molecule has 0 amide bonds. The zero-order valence-corrected chi connectivity index (χ0v) is 7.09. The van der Waals surface area contributed by atoms with Crippen molar-refractivity contribution < 1.29 is 9.84 Å². The fourth-order valence-corrected chi connectivity index (χ4v) is 1.03. The molecule has 1 saturated heterocycles. The number of epoxide rings is 1. The Morgan fingerprint density at radius 2 is 1.80 bits per heavy atom. The molecule has 1 aliphatic heterocycles. The molecule has 0 radical (unpaired) electrons. The summed E-state index contributed by atoms with van der Waals surface area (Å²) >= 11 is 0. The number of hydrogen-bond acceptors (Lipinski definition) is 2. The van der Waals surface area contributed by atoms with Gasteiger partial charge >= 0.3 is 0 Å². The van der Waals surface area contributed by atoms with Crippen LogP contribution in [0.15, 0.2) is 0 Å². The van der Waals surface area contributed by atoms with E-state index < -0.39 is 0 Å². The molecule has 3 atom stereocenters. The Kier molecular flexibility index (Phi) is 1.77. The largest absolute Gasteiger partial charge is 0.390 e. The van der Waals surface area contributed by atoms with E-state index in [1.165, 1.54) is 0 Å². The number of aliphatic hydroxyl groups excluding tert-OH is 1. The first-order valence-electron chi connectivity index (χ1n) is 3.76. The molecular weight excluding hydrogens is 128 g/mol. The average Bonchev–Trinajstić information content (AvgIpc) is 2.42. The van der Waals surface area contributed by atoms with Crippen LogP contribution in [0.5, 0.6) is 0 Å². The van der Waals surface area contributed by atoms with Gasteiger partial charge in [0.05, 0.1) is 12.2 Å². The normalized spacial score (nSPS) is 35.7. The SMILES string of the molecule is CC1OC1C(O)C(C)(C)C. The molecule has 0 aromatic heterocycles. The van der Waals surface area contributed by atoms with Gasteiger partial charge in [0.15, 0.2) is 0 Å². The molecule has 60 valence electrons. The highest BCUT2D eigenvalue weighted by molar-refractivity contribution is 4.92. The van der Waals surface area contributed by atoms with Gasteiger partial charge in [0, 0.05) is 0 Å². The minimum atomic E-state index is -0.317. The Morgan fingerprint density at radius 3 is 1.90 bits per heavy atom. The Hall–Kier alpha value is -0.0800. The summed E-state index contributed by atoms with van der Waals surface area (Å²) in [5.41, 5.74) is -0.0462. The minimum Gasteiger partial charge on any atom is -0.390 e. The van der Waals surface area contributed by atoms with Crippen molar-refractivity contribution in [3.8, 4) is 0 Å². The fraction of sp³-hybridized carbons (Fsp3) is 1.00. The second kappa shape index (κ2) is 2.21. The lowest BCUT2D eigenvalue weighted by Crippen LogP contribution is -2.31. The highest BCUT2D eigenvalue weighted by atomic mass is 16.6. The molecule has 0 bridgehead atoms. The van der Waals surface area contributed by atoms with Gasteiger partial charge < -0.3 is 9.84 Å². The summed E-state index contributed by atoms with van der Waals surface area (Å²) in [7, 11) is 0. The van der Waals surface area contributed by atoms with E-state index in [4.69, 9.17) is 4.74 Å². The van der Waals surface area contributed by atoms with Crippen LogP contribution in [0.3, 0.4) is 0 Å². The lowest BCUT2D eigenvalue weighted by molar-refractivity contribution is 0.0378. The maximum atomic E-state index is 9.57. The van der Waals surface area contributed by atoms with E-state index in [1.54, 1.807) is 0 Å². The lowest BCUT2D eigenvalue weighted by atomic mass is 9.86. The molecule has 0 saturated carbocycles. The van der Waals surface area contributed by atoms with Crippen LogP contribution in [0.4, 0.5) is 0 Å². The van der Waals surface area contributed by atoms with Crippen molar-refractivity contribution in [2.45, 2.75) is 46.0 Å². The molecule has 1 heterocycles. The van der Waals surface area contributed by atoms with Crippen LogP contribution in [0.2, 0.25) is 0 Å². The molecule has 0 aliphatic carbocycles. The molecule has 0 aromatic carbocycles. The third-order valence-corrected chi connectivity index (χ3v) is 1.96. The third kappa shape index (κ3) is 1.50. The molecule has 1 N–H and O–H groups in total. The van der Waals surface area contributed by atoms with E-state index in [0.717, 1.165) is 0 Å². The van der Waals surface area contributed by atoms with Gasteiger partial charge in [-0.3, -0.25) is 0 Å². The summed E-state index contributed by atoms with van der Waals surface area (Å²) in [6, 6.07) is 0. The molecule has 1 rings (SSSR count). The van der Waals surface area contributed by atoms with Gasteiger partial charge in [-0.05, 0) is 12.3 Å².